The van der Waals surface area contributed by atoms with Crippen molar-refractivity contribution in [3.8, 4) is 0 Å². The SMILES string of the molecule is Cl.[C-]#[N+]c1ccc2c(N3CCC(O)(CO)CC3)nnc(NCc3ccc(C)c(Cl)c3)c2c1. The molecule has 32 heavy (non-hydrogen) atoms. The Kier molecular flexibility index (Phi) is 7.42. The molecule has 168 valence electrons. The van der Waals surface area contributed by atoms with Crippen molar-refractivity contribution in [2.75, 3.05) is 29.9 Å². The molecule has 0 aliphatic carbocycles. The molecule has 0 amide bonds. The zero-order valence-electron chi connectivity index (χ0n) is 17.7. The van der Waals surface area contributed by atoms with E-state index in [9.17, 15) is 10.2 Å². The first kappa shape index (κ1) is 24.0. The molecule has 0 bridgehead atoms. The van der Waals surface area contributed by atoms with Crippen molar-refractivity contribution in [3.05, 3.63) is 64.0 Å². The molecule has 1 aliphatic heterocycles. The molecule has 0 atom stereocenters. The Morgan fingerprint density at radius 2 is 1.91 bits per heavy atom. The second-order valence-electron chi connectivity index (χ2n) is 8.02. The lowest BCUT2D eigenvalue weighted by molar-refractivity contribution is -0.0326. The van der Waals surface area contributed by atoms with Crippen molar-refractivity contribution in [2.45, 2.75) is 31.9 Å². The first-order valence-electron chi connectivity index (χ1n) is 10.2. The van der Waals surface area contributed by atoms with Crippen LogP contribution in [0, 0.1) is 13.5 Å². The standard InChI is InChI=1S/C23H24ClN5O2.ClH/c1-15-3-4-16(11-20(15)24)13-26-21-19-12-17(25-2)5-6-18(19)22(28-27-21)29-9-7-23(31,14-30)8-10-29;/h3-6,11-12,30-31H,7-10,13-14H2,1H3,(H,26,27);1H. The van der Waals surface area contributed by atoms with E-state index in [2.05, 4.69) is 25.3 Å². The van der Waals surface area contributed by atoms with Crippen LogP contribution >= 0.6 is 24.0 Å². The summed E-state index contributed by atoms with van der Waals surface area (Å²) in [7, 11) is 0. The van der Waals surface area contributed by atoms with Crippen LogP contribution in [0.1, 0.15) is 24.0 Å². The highest BCUT2D eigenvalue weighted by Crippen LogP contribution is 2.34. The number of aliphatic hydroxyl groups excluding tert-OH is 1. The number of aliphatic hydroxyl groups is 2. The first-order chi connectivity index (χ1) is 14.9. The van der Waals surface area contributed by atoms with Gasteiger partial charge in [-0.15, -0.1) is 22.6 Å². The maximum absolute atomic E-state index is 10.3. The van der Waals surface area contributed by atoms with Crippen LogP contribution in [0.3, 0.4) is 0 Å². The summed E-state index contributed by atoms with van der Waals surface area (Å²) < 4.78 is 0. The van der Waals surface area contributed by atoms with Crippen LogP contribution in [0.25, 0.3) is 15.6 Å². The second-order valence-corrected chi connectivity index (χ2v) is 8.43. The lowest BCUT2D eigenvalue weighted by Crippen LogP contribution is -2.47. The molecule has 0 radical (unpaired) electrons. The Morgan fingerprint density at radius 3 is 2.56 bits per heavy atom. The van der Waals surface area contributed by atoms with Gasteiger partial charge in [0.1, 0.15) is 0 Å². The molecule has 3 aromatic rings. The van der Waals surface area contributed by atoms with Crippen LogP contribution < -0.4 is 10.2 Å². The van der Waals surface area contributed by atoms with Crippen LogP contribution in [0.2, 0.25) is 5.02 Å². The molecule has 1 aliphatic rings. The van der Waals surface area contributed by atoms with Gasteiger partial charge in [0.2, 0.25) is 0 Å². The van der Waals surface area contributed by atoms with Gasteiger partial charge in [0, 0.05) is 35.4 Å². The zero-order valence-corrected chi connectivity index (χ0v) is 19.2. The Balaban J connectivity index is 0.00000289. The van der Waals surface area contributed by atoms with Crippen LogP contribution in [0.15, 0.2) is 36.4 Å². The fourth-order valence-corrected chi connectivity index (χ4v) is 3.99. The van der Waals surface area contributed by atoms with Crippen molar-refractivity contribution < 1.29 is 10.2 Å². The van der Waals surface area contributed by atoms with Crippen LogP contribution in [0.5, 0.6) is 0 Å². The van der Waals surface area contributed by atoms with Gasteiger partial charge in [0.05, 0.1) is 18.8 Å². The predicted octanol–water partition coefficient (Wildman–Crippen LogP) is 4.50. The summed E-state index contributed by atoms with van der Waals surface area (Å²) in [6.07, 6.45) is 0.919. The van der Waals surface area contributed by atoms with Gasteiger partial charge in [0.15, 0.2) is 17.3 Å². The van der Waals surface area contributed by atoms with Crippen LogP contribution in [0.4, 0.5) is 17.3 Å². The largest absolute Gasteiger partial charge is 0.393 e. The molecule has 2 heterocycles. The third-order valence-corrected chi connectivity index (χ3v) is 6.26. The molecular weight excluding hydrogens is 449 g/mol. The third kappa shape index (κ3) is 4.89. The third-order valence-electron chi connectivity index (χ3n) is 5.86. The van der Waals surface area contributed by atoms with Gasteiger partial charge in [0.25, 0.3) is 0 Å². The smallest absolute Gasteiger partial charge is 0.188 e. The van der Waals surface area contributed by atoms with Crippen LogP contribution in [-0.2, 0) is 6.54 Å². The summed E-state index contributed by atoms with van der Waals surface area (Å²) >= 11 is 6.24. The summed E-state index contributed by atoms with van der Waals surface area (Å²) in [4.78, 5) is 5.63. The quantitative estimate of drug-likeness (QED) is 0.473. The number of benzene rings is 2. The van der Waals surface area contributed by atoms with E-state index in [1.54, 1.807) is 6.07 Å². The van der Waals surface area contributed by atoms with E-state index in [4.69, 9.17) is 18.2 Å². The average molecular weight is 474 g/mol. The minimum atomic E-state index is -1.03. The number of anilines is 2. The molecule has 7 nitrogen and oxygen atoms in total. The van der Waals surface area contributed by atoms with E-state index in [1.807, 2.05) is 37.3 Å². The van der Waals surface area contributed by atoms with E-state index in [0.717, 1.165) is 27.7 Å². The molecule has 1 aromatic heterocycles. The molecule has 1 saturated heterocycles. The Labute approximate surface area is 198 Å². The number of rotatable bonds is 5. The molecule has 3 N–H and O–H groups in total. The number of nitrogens with one attached hydrogen (secondary N) is 1. The summed E-state index contributed by atoms with van der Waals surface area (Å²) in [5.74, 6) is 1.32. The Bertz CT molecular complexity index is 1160. The summed E-state index contributed by atoms with van der Waals surface area (Å²) in [6.45, 7) is 10.8. The summed E-state index contributed by atoms with van der Waals surface area (Å²) in [6, 6.07) is 11.4. The topological polar surface area (TPSA) is 85.9 Å². The Hall–Kier alpha value is -2.63. The zero-order chi connectivity index (χ0) is 22.0. The van der Waals surface area contributed by atoms with Gasteiger partial charge in [-0.25, -0.2) is 4.85 Å². The van der Waals surface area contributed by atoms with Gasteiger partial charge in [-0.2, -0.15) is 0 Å². The molecule has 4 rings (SSSR count). The summed E-state index contributed by atoms with van der Waals surface area (Å²) in [5, 5.41) is 34.4. The number of aryl methyl sites for hydroxylation is 1. The number of nitrogens with zero attached hydrogens (tertiary/aromatic N) is 4. The number of hydrogen-bond acceptors (Lipinski definition) is 6. The number of hydrogen-bond donors (Lipinski definition) is 3. The van der Waals surface area contributed by atoms with Crippen molar-refractivity contribution in [3.63, 3.8) is 0 Å². The highest BCUT2D eigenvalue weighted by atomic mass is 35.5. The van der Waals surface area contributed by atoms with E-state index >= 15 is 0 Å². The molecule has 2 aromatic carbocycles. The predicted molar refractivity (Wildman–Crippen MR) is 130 cm³/mol. The average Bonchev–Trinajstić information content (AvgIpc) is 2.80. The van der Waals surface area contributed by atoms with Gasteiger partial charge >= 0.3 is 0 Å². The number of piperidine rings is 1. The minimum Gasteiger partial charge on any atom is -0.393 e. The van der Waals surface area contributed by atoms with Gasteiger partial charge in [-0.1, -0.05) is 35.9 Å². The molecule has 1 fully saturated rings. The lowest BCUT2D eigenvalue weighted by atomic mass is 9.92. The number of aromatic nitrogens is 2. The maximum Gasteiger partial charge on any atom is 0.188 e. The minimum absolute atomic E-state index is 0. The highest BCUT2D eigenvalue weighted by molar-refractivity contribution is 6.31. The van der Waals surface area contributed by atoms with E-state index < -0.39 is 5.60 Å². The molecular formula is C23H25Cl2N5O2. The first-order valence-corrected chi connectivity index (χ1v) is 10.6. The van der Waals surface area contributed by atoms with Crippen LogP contribution in [-0.4, -0.2) is 45.7 Å². The number of fused-ring (bicyclic) bond motifs is 1. The highest BCUT2D eigenvalue weighted by Gasteiger charge is 2.32. The second kappa shape index (κ2) is 9.88. The monoisotopic (exact) mass is 473 g/mol. The van der Waals surface area contributed by atoms with Crippen molar-refractivity contribution >= 4 is 52.1 Å². The van der Waals surface area contributed by atoms with E-state index in [-0.39, 0.29) is 19.0 Å². The molecule has 0 saturated carbocycles. The van der Waals surface area contributed by atoms with Crippen molar-refractivity contribution in [1.82, 2.24) is 10.2 Å². The fraction of sp³-hybridized carbons (Fsp3) is 0.348. The van der Waals surface area contributed by atoms with E-state index in [0.29, 0.717) is 49.0 Å². The molecule has 0 spiro atoms. The van der Waals surface area contributed by atoms with Crippen molar-refractivity contribution in [1.29, 1.82) is 0 Å². The number of halogens is 2. The van der Waals surface area contributed by atoms with Crippen molar-refractivity contribution in [2.24, 2.45) is 0 Å². The normalized spacial score (nSPS) is 15.2. The molecule has 9 heteroatoms. The summed E-state index contributed by atoms with van der Waals surface area (Å²) in [5.41, 5.74) is 1.54. The van der Waals surface area contributed by atoms with Gasteiger partial charge in [-0.05, 0) is 43.0 Å². The maximum atomic E-state index is 10.3. The fourth-order valence-electron chi connectivity index (χ4n) is 3.79. The molecule has 0 unspecified atom stereocenters. The Morgan fingerprint density at radius 1 is 1.16 bits per heavy atom. The van der Waals surface area contributed by atoms with Gasteiger partial charge in [-0.3, -0.25) is 0 Å². The van der Waals surface area contributed by atoms with E-state index in [1.165, 1.54) is 0 Å². The lowest BCUT2D eigenvalue weighted by Gasteiger charge is -2.37. The van der Waals surface area contributed by atoms with Gasteiger partial charge < -0.3 is 20.4 Å².